The highest BCUT2D eigenvalue weighted by molar-refractivity contribution is 6.28. The van der Waals surface area contributed by atoms with Gasteiger partial charge in [0.15, 0.2) is 11.5 Å². The number of primary amides is 1. The van der Waals surface area contributed by atoms with Crippen molar-refractivity contribution in [3.05, 3.63) is 47.5 Å². The first kappa shape index (κ1) is 23.4. The lowest BCUT2D eigenvalue weighted by Crippen LogP contribution is -2.47. The normalized spacial score (nSPS) is 13.9. The average Bonchev–Trinajstić information content (AvgIpc) is 3.55. The van der Waals surface area contributed by atoms with Gasteiger partial charge in [0.1, 0.15) is 18.2 Å². The molecule has 0 aliphatic heterocycles. The van der Waals surface area contributed by atoms with E-state index in [0.29, 0.717) is 17.0 Å². The Morgan fingerprint density at radius 2 is 2.00 bits per heavy atom. The van der Waals surface area contributed by atoms with E-state index in [9.17, 15) is 14.4 Å². The molecule has 0 unspecified atom stereocenters. The predicted molar refractivity (Wildman–Crippen MR) is 124 cm³/mol. The summed E-state index contributed by atoms with van der Waals surface area (Å²) >= 11 is 6.06. The van der Waals surface area contributed by atoms with E-state index in [-0.39, 0.29) is 37.3 Å². The van der Waals surface area contributed by atoms with Crippen LogP contribution in [0.3, 0.4) is 0 Å². The molecule has 12 heteroatoms. The molecule has 4 N–H and O–H groups in total. The van der Waals surface area contributed by atoms with Crippen LogP contribution in [0, 0.1) is 0 Å². The van der Waals surface area contributed by atoms with Crippen molar-refractivity contribution in [2.75, 3.05) is 11.4 Å². The Morgan fingerprint density at radius 3 is 2.71 bits per heavy atom. The van der Waals surface area contributed by atoms with Gasteiger partial charge in [0, 0.05) is 12.5 Å². The van der Waals surface area contributed by atoms with E-state index >= 15 is 0 Å². The summed E-state index contributed by atoms with van der Waals surface area (Å²) in [6.07, 6.45) is 3.20. The number of ether oxygens (including phenoxy) is 1. The first-order chi connectivity index (χ1) is 16.4. The summed E-state index contributed by atoms with van der Waals surface area (Å²) in [5.41, 5.74) is 7.02. The molecule has 2 amide bonds. The Labute approximate surface area is 200 Å². The molecule has 4 rings (SSSR count). The molecular weight excluding hydrogens is 462 g/mol. The van der Waals surface area contributed by atoms with Crippen molar-refractivity contribution >= 4 is 46.4 Å². The van der Waals surface area contributed by atoms with Gasteiger partial charge in [0.25, 0.3) is 0 Å². The van der Waals surface area contributed by atoms with Crippen LogP contribution >= 0.6 is 11.6 Å². The van der Waals surface area contributed by atoms with Gasteiger partial charge in [-0.3, -0.25) is 9.59 Å². The van der Waals surface area contributed by atoms with Gasteiger partial charge in [-0.15, -0.1) is 0 Å². The third-order valence-electron chi connectivity index (χ3n) is 5.34. The molecule has 34 heavy (non-hydrogen) atoms. The maximum atomic E-state index is 13.0. The van der Waals surface area contributed by atoms with Gasteiger partial charge in [-0.2, -0.15) is 9.97 Å². The van der Waals surface area contributed by atoms with E-state index in [2.05, 4.69) is 25.3 Å². The molecule has 178 valence electrons. The van der Waals surface area contributed by atoms with Crippen molar-refractivity contribution < 1.29 is 19.1 Å². The maximum absolute atomic E-state index is 13.0. The van der Waals surface area contributed by atoms with E-state index in [0.717, 1.165) is 18.4 Å². The lowest BCUT2D eigenvalue weighted by atomic mass is 10.1. The Kier molecular flexibility index (Phi) is 7.21. The third-order valence-corrected chi connectivity index (χ3v) is 5.51. The van der Waals surface area contributed by atoms with Gasteiger partial charge >= 0.3 is 5.97 Å². The quantitative estimate of drug-likeness (QED) is 0.272. The van der Waals surface area contributed by atoms with Crippen molar-refractivity contribution in [1.29, 1.82) is 0 Å². The zero-order valence-electron chi connectivity index (χ0n) is 18.2. The number of benzene rings is 1. The minimum Gasteiger partial charge on any atom is -0.459 e. The van der Waals surface area contributed by atoms with Crippen LogP contribution in [-0.4, -0.2) is 56.3 Å². The van der Waals surface area contributed by atoms with Crippen molar-refractivity contribution in [1.82, 2.24) is 25.3 Å². The number of carbonyl (C=O) groups is 3. The van der Waals surface area contributed by atoms with Crippen molar-refractivity contribution in [3.63, 3.8) is 0 Å². The van der Waals surface area contributed by atoms with Gasteiger partial charge in [0.05, 0.1) is 12.9 Å². The maximum Gasteiger partial charge on any atom is 0.328 e. The number of rotatable bonds is 11. The highest BCUT2D eigenvalue weighted by Crippen LogP contribution is 2.33. The molecular formula is C22H24ClN7O4. The highest BCUT2D eigenvalue weighted by atomic mass is 35.5. The van der Waals surface area contributed by atoms with Crippen LogP contribution in [0.4, 0.5) is 5.82 Å². The van der Waals surface area contributed by atoms with Crippen LogP contribution < -0.4 is 16.0 Å². The fourth-order valence-corrected chi connectivity index (χ4v) is 3.68. The number of H-pyrrole nitrogens is 1. The summed E-state index contributed by atoms with van der Waals surface area (Å²) in [7, 11) is 0. The smallest absolute Gasteiger partial charge is 0.328 e. The first-order valence-corrected chi connectivity index (χ1v) is 11.2. The summed E-state index contributed by atoms with van der Waals surface area (Å²) in [4.78, 5) is 54.3. The predicted octanol–water partition coefficient (Wildman–Crippen LogP) is 1.47. The van der Waals surface area contributed by atoms with Crippen molar-refractivity contribution in [2.24, 2.45) is 5.73 Å². The van der Waals surface area contributed by atoms with E-state index in [4.69, 9.17) is 22.1 Å². The standard InChI is InChI=1S/C22H24ClN7O4/c23-22-28-19-18(25-12-26-19)20(29-22)30(14-6-7-14)10-17(32)27-15(8-9-16(24)31)21(33)34-11-13-4-2-1-3-5-13/h1-5,12,14-15H,6-11H2,(H2,24,31)(H,27,32)(H,25,26,28,29)/t15-/m0/s1. The van der Waals surface area contributed by atoms with Crippen LogP contribution in [0.15, 0.2) is 36.7 Å². The van der Waals surface area contributed by atoms with E-state index in [1.54, 1.807) is 0 Å². The van der Waals surface area contributed by atoms with Crippen LogP contribution in [-0.2, 0) is 25.7 Å². The summed E-state index contributed by atoms with van der Waals surface area (Å²) < 4.78 is 5.37. The first-order valence-electron chi connectivity index (χ1n) is 10.8. The number of carbonyl (C=O) groups excluding carboxylic acids is 3. The number of hydrogen-bond donors (Lipinski definition) is 3. The summed E-state index contributed by atoms with van der Waals surface area (Å²) in [6, 6.07) is 8.23. The second-order valence-electron chi connectivity index (χ2n) is 7.99. The number of anilines is 1. The lowest BCUT2D eigenvalue weighted by molar-refractivity contribution is -0.149. The van der Waals surface area contributed by atoms with E-state index in [1.165, 1.54) is 6.33 Å². The number of nitrogens with two attached hydrogens (primary N) is 1. The fraction of sp³-hybridized carbons (Fsp3) is 0.364. The van der Waals surface area contributed by atoms with Gasteiger partial charge in [0.2, 0.25) is 17.1 Å². The second kappa shape index (κ2) is 10.5. The summed E-state index contributed by atoms with van der Waals surface area (Å²) in [5, 5.41) is 2.70. The van der Waals surface area contributed by atoms with Crippen LogP contribution in [0.2, 0.25) is 5.28 Å². The molecule has 1 aliphatic carbocycles. The highest BCUT2D eigenvalue weighted by Gasteiger charge is 2.34. The Hall–Kier alpha value is -3.73. The van der Waals surface area contributed by atoms with Crippen LogP contribution in [0.1, 0.15) is 31.2 Å². The van der Waals surface area contributed by atoms with E-state index < -0.39 is 23.8 Å². The fourth-order valence-electron chi connectivity index (χ4n) is 3.52. The Balaban J connectivity index is 1.45. The topological polar surface area (TPSA) is 156 Å². The minimum atomic E-state index is -1.02. The monoisotopic (exact) mass is 485 g/mol. The number of aromatic amines is 1. The molecule has 0 radical (unpaired) electrons. The average molecular weight is 486 g/mol. The number of amides is 2. The molecule has 0 bridgehead atoms. The number of nitrogens with one attached hydrogen (secondary N) is 2. The molecule has 1 fully saturated rings. The van der Waals surface area contributed by atoms with E-state index in [1.807, 2.05) is 35.2 Å². The third kappa shape index (κ3) is 5.98. The van der Waals surface area contributed by atoms with Gasteiger partial charge in [-0.05, 0) is 36.4 Å². The Bertz CT molecular complexity index is 1180. The zero-order valence-corrected chi connectivity index (χ0v) is 19.0. The van der Waals surface area contributed by atoms with Crippen LogP contribution in [0.5, 0.6) is 0 Å². The lowest BCUT2D eigenvalue weighted by Gasteiger charge is -2.25. The molecule has 2 heterocycles. The second-order valence-corrected chi connectivity index (χ2v) is 8.33. The number of nitrogens with zero attached hydrogens (tertiary/aromatic N) is 4. The molecule has 2 aromatic heterocycles. The SMILES string of the molecule is NC(=O)CC[C@H](NC(=O)CN(c1nc(Cl)nc2nc[nH]c12)C1CC1)C(=O)OCc1ccccc1. The number of fused-ring (bicyclic) bond motifs is 1. The molecule has 11 nitrogen and oxygen atoms in total. The Morgan fingerprint density at radius 1 is 1.24 bits per heavy atom. The number of imidazole rings is 1. The van der Waals surface area contributed by atoms with Crippen molar-refractivity contribution in [2.45, 2.75) is 44.4 Å². The number of aromatic nitrogens is 4. The number of halogens is 1. The summed E-state index contributed by atoms with van der Waals surface area (Å²) in [5.74, 6) is -1.18. The minimum absolute atomic E-state index is 0.0180. The number of esters is 1. The van der Waals surface area contributed by atoms with Gasteiger partial charge in [-0.25, -0.2) is 9.78 Å². The van der Waals surface area contributed by atoms with Gasteiger partial charge in [-0.1, -0.05) is 30.3 Å². The summed E-state index contributed by atoms with van der Waals surface area (Å²) in [6.45, 7) is -0.0286. The van der Waals surface area contributed by atoms with Crippen molar-refractivity contribution in [3.8, 4) is 0 Å². The van der Waals surface area contributed by atoms with Crippen LogP contribution in [0.25, 0.3) is 11.2 Å². The molecule has 1 aliphatic rings. The van der Waals surface area contributed by atoms with Gasteiger partial charge < -0.3 is 25.7 Å². The molecule has 0 saturated heterocycles. The molecule has 0 spiro atoms. The molecule has 3 aromatic rings. The molecule has 1 aromatic carbocycles. The number of hydrogen-bond acceptors (Lipinski definition) is 8. The molecule has 1 saturated carbocycles. The molecule has 1 atom stereocenters. The largest absolute Gasteiger partial charge is 0.459 e. The zero-order chi connectivity index (χ0) is 24.1.